The van der Waals surface area contributed by atoms with E-state index in [2.05, 4.69) is 10.1 Å². The molecule has 0 atom stereocenters. The second kappa shape index (κ2) is 10.6. The third kappa shape index (κ3) is 6.05. The molecule has 9 nitrogen and oxygen atoms in total. The first kappa shape index (κ1) is 22.3. The molecule has 0 fully saturated rings. The summed E-state index contributed by atoms with van der Waals surface area (Å²) in [7, 11) is 4.37. The zero-order chi connectivity index (χ0) is 22.2. The number of carbonyl (C=O) groups is 2. The first-order valence-electron chi connectivity index (χ1n) is 9.44. The summed E-state index contributed by atoms with van der Waals surface area (Å²) in [5.74, 6) is 1.26. The summed E-state index contributed by atoms with van der Waals surface area (Å²) < 4.78 is 20.5. The van der Waals surface area contributed by atoms with Crippen LogP contribution in [0.1, 0.15) is 17.9 Å². The summed E-state index contributed by atoms with van der Waals surface area (Å²) >= 11 is 1.54. The van der Waals surface area contributed by atoms with Crippen molar-refractivity contribution in [3.05, 3.63) is 46.5 Å². The molecule has 31 heavy (non-hydrogen) atoms. The van der Waals surface area contributed by atoms with Gasteiger partial charge in [0, 0.05) is 36.4 Å². The molecular weight excluding hydrogens is 422 g/mol. The van der Waals surface area contributed by atoms with Gasteiger partial charge in [0.25, 0.3) is 0 Å². The van der Waals surface area contributed by atoms with Crippen molar-refractivity contribution in [2.24, 2.45) is 0 Å². The maximum Gasteiger partial charge on any atom is 0.325 e. The van der Waals surface area contributed by atoms with Crippen LogP contribution < -0.4 is 9.47 Å². The summed E-state index contributed by atoms with van der Waals surface area (Å²) in [5, 5.41) is 7.78. The highest BCUT2D eigenvalue weighted by Crippen LogP contribution is 2.24. The Morgan fingerprint density at radius 2 is 1.87 bits per heavy atom. The van der Waals surface area contributed by atoms with Crippen molar-refractivity contribution in [3.63, 3.8) is 0 Å². The van der Waals surface area contributed by atoms with E-state index in [0.717, 1.165) is 11.1 Å². The van der Waals surface area contributed by atoms with Crippen molar-refractivity contribution in [1.82, 2.24) is 15.0 Å². The number of esters is 1. The maximum atomic E-state index is 12.9. The number of ether oxygens (including phenoxy) is 3. The Morgan fingerprint density at radius 3 is 2.48 bits per heavy atom. The lowest BCUT2D eigenvalue weighted by Gasteiger charge is -2.22. The van der Waals surface area contributed by atoms with Gasteiger partial charge in [0.05, 0.1) is 21.3 Å². The highest BCUT2D eigenvalue weighted by Gasteiger charge is 2.20. The molecular formula is C21H23N3O6S. The van der Waals surface area contributed by atoms with Crippen molar-refractivity contribution in [1.29, 1.82) is 0 Å². The topological polar surface area (TPSA) is 104 Å². The molecule has 0 bridgehead atoms. The number of amides is 1. The molecule has 0 aliphatic heterocycles. The molecule has 2 heterocycles. The fourth-order valence-electron chi connectivity index (χ4n) is 2.87. The Balaban J connectivity index is 1.69. The molecule has 3 aromatic rings. The summed E-state index contributed by atoms with van der Waals surface area (Å²) in [6.45, 7) is 0.00429. The van der Waals surface area contributed by atoms with E-state index in [1.165, 1.54) is 23.3 Å². The fraction of sp³-hybridized carbons (Fsp3) is 0.333. The SMILES string of the molecule is COC(=O)CN(Cc1cc(OC)cc(OC)c1)C(=O)CCc1nc(-c2ccsc2)no1. The normalized spacial score (nSPS) is 10.5. The van der Waals surface area contributed by atoms with Crippen LogP contribution in [0.5, 0.6) is 11.5 Å². The van der Waals surface area contributed by atoms with Gasteiger partial charge in [-0.15, -0.1) is 0 Å². The third-order valence-corrected chi connectivity index (χ3v) is 5.17. The molecule has 3 rings (SSSR count). The van der Waals surface area contributed by atoms with Crippen LogP contribution in [-0.2, 0) is 27.3 Å². The number of carbonyl (C=O) groups excluding carboxylic acids is 2. The van der Waals surface area contributed by atoms with Crippen LogP contribution in [-0.4, -0.2) is 54.8 Å². The predicted octanol–water partition coefficient (Wildman–Crippen LogP) is 2.95. The van der Waals surface area contributed by atoms with Crippen LogP contribution in [0.15, 0.2) is 39.5 Å². The molecule has 0 aliphatic carbocycles. The zero-order valence-corrected chi connectivity index (χ0v) is 18.3. The largest absolute Gasteiger partial charge is 0.497 e. The van der Waals surface area contributed by atoms with Gasteiger partial charge >= 0.3 is 5.97 Å². The van der Waals surface area contributed by atoms with Gasteiger partial charge in [0.1, 0.15) is 18.0 Å². The highest BCUT2D eigenvalue weighted by molar-refractivity contribution is 7.08. The van der Waals surface area contributed by atoms with Crippen LogP contribution in [0.4, 0.5) is 0 Å². The van der Waals surface area contributed by atoms with Crippen molar-refractivity contribution < 1.29 is 28.3 Å². The van der Waals surface area contributed by atoms with Crippen LogP contribution in [0, 0.1) is 0 Å². The first-order chi connectivity index (χ1) is 15.0. The van der Waals surface area contributed by atoms with Crippen LogP contribution in [0.2, 0.25) is 0 Å². The van der Waals surface area contributed by atoms with Crippen LogP contribution >= 0.6 is 11.3 Å². The van der Waals surface area contributed by atoms with Gasteiger partial charge in [0.15, 0.2) is 0 Å². The van der Waals surface area contributed by atoms with Crippen LogP contribution in [0.3, 0.4) is 0 Å². The van der Waals surface area contributed by atoms with Crippen molar-refractivity contribution in [2.45, 2.75) is 19.4 Å². The average molecular weight is 445 g/mol. The lowest BCUT2D eigenvalue weighted by atomic mass is 10.1. The van der Waals surface area contributed by atoms with E-state index in [1.807, 2.05) is 16.8 Å². The number of benzene rings is 1. The second-order valence-corrected chi connectivity index (χ2v) is 7.35. The van der Waals surface area contributed by atoms with Gasteiger partial charge in [-0.3, -0.25) is 9.59 Å². The number of hydrogen-bond donors (Lipinski definition) is 0. The van der Waals surface area contributed by atoms with Gasteiger partial charge in [-0.2, -0.15) is 16.3 Å². The minimum atomic E-state index is -0.513. The minimum Gasteiger partial charge on any atom is -0.497 e. The first-order valence-corrected chi connectivity index (χ1v) is 10.4. The average Bonchev–Trinajstić information content (AvgIpc) is 3.48. The molecule has 0 aliphatic rings. The standard InChI is InChI=1S/C21H23N3O6S/c1-27-16-8-14(9-17(10-16)28-2)11-24(12-20(26)29-3)19(25)5-4-18-22-21(23-30-18)15-6-7-31-13-15/h6-10,13H,4-5,11-12H2,1-3H3. The number of aromatic nitrogens is 2. The lowest BCUT2D eigenvalue weighted by Crippen LogP contribution is -2.36. The van der Waals surface area contributed by atoms with Crippen molar-refractivity contribution in [3.8, 4) is 22.9 Å². The van der Waals surface area contributed by atoms with E-state index in [4.69, 9.17) is 18.7 Å². The number of thiophene rings is 1. The molecule has 164 valence electrons. The minimum absolute atomic E-state index is 0.101. The zero-order valence-electron chi connectivity index (χ0n) is 17.5. The fourth-order valence-corrected chi connectivity index (χ4v) is 3.50. The van der Waals surface area contributed by atoms with Gasteiger partial charge < -0.3 is 23.6 Å². The molecule has 1 aromatic carbocycles. The van der Waals surface area contributed by atoms with Crippen LogP contribution in [0.25, 0.3) is 11.4 Å². The predicted molar refractivity (Wildman–Crippen MR) is 113 cm³/mol. The molecule has 0 unspecified atom stereocenters. The molecule has 0 N–H and O–H groups in total. The molecule has 1 amide bonds. The number of nitrogens with zero attached hydrogens (tertiary/aromatic N) is 3. The Hall–Kier alpha value is -3.40. The van der Waals surface area contributed by atoms with E-state index >= 15 is 0 Å². The van der Waals surface area contributed by atoms with Gasteiger partial charge in [-0.25, -0.2) is 0 Å². The molecule has 0 radical (unpaired) electrons. The Bertz CT molecular complexity index is 996. The van der Waals surface area contributed by atoms with Gasteiger partial charge in [-0.1, -0.05) is 5.16 Å². The number of rotatable bonds is 10. The molecule has 10 heteroatoms. The number of hydrogen-bond acceptors (Lipinski definition) is 9. The van der Waals surface area contributed by atoms with E-state index < -0.39 is 5.97 Å². The summed E-state index contributed by atoms with van der Waals surface area (Å²) in [5.41, 5.74) is 1.62. The van der Waals surface area contributed by atoms with Gasteiger partial charge in [0.2, 0.25) is 17.6 Å². The smallest absolute Gasteiger partial charge is 0.325 e. The molecule has 0 spiro atoms. The summed E-state index contributed by atoms with van der Waals surface area (Å²) in [6, 6.07) is 7.19. The highest BCUT2D eigenvalue weighted by atomic mass is 32.1. The van der Waals surface area contributed by atoms with E-state index in [9.17, 15) is 9.59 Å². The molecule has 0 saturated heterocycles. The van der Waals surface area contributed by atoms with E-state index in [0.29, 0.717) is 23.2 Å². The monoisotopic (exact) mass is 445 g/mol. The summed E-state index contributed by atoms with van der Waals surface area (Å²) in [6.07, 6.45) is 0.360. The Morgan fingerprint density at radius 1 is 1.13 bits per heavy atom. The number of aryl methyl sites for hydroxylation is 1. The van der Waals surface area contributed by atoms with Crippen molar-refractivity contribution >= 4 is 23.2 Å². The number of methoxy groups -OCH3 is 3. The summed E-state index contributed by atoms with van der Waals surface area (Å²) in [4.78, 5) is 30.5. The molecule has 0 saturated carbocycles. The quantitative estimate of drug-likeness (QED) is 0.439. The molecule has 2 aromatic heterocycles. The Kier molecular flexibility index (Phi) is 7.60. The second-order valence-electron chi connectivity index (χ2n) is 6.57. The Labute approximate surface area is 183 Å². The van der Waals surface area contributed by atoms with E-state index in [1.54, 1.807) is 32.4 Å². The van der Waals surface area contributed by atoms with E-state index in [-0.39, 0.29) is 31.8 Å². The van der Waals surface area contributed by atoms with Gasteiger partial charge in [-0.05, 0) is 29.1 Å². The maximum absolute atomic E-state index is 12.9. The lowest BCUT2D eigenvalue weighted by molar-refractivity contribution is -0.147. The van der Waals surface area contributed by atoms with Crippen molar-refractivity contribution in [2.75, 3.05) is 27.9 Å². The third-order valence-electron chi connectivity index (χ3n) is 4.49.